The number of aromatic nitrogens is 4. The van der Waals surface area contributed by atoms with Gasteiger partial charge in [-0.15, -0.1) is 0 Å². The van der Waals surface area contributed by atoms with Crippen LogP contribution in [0.5, 0.6) is 0 Å². The van der Waals surface area contributed by atoms with Gasteiger partial charge in [-0.2, -0.15) is 24.9 Å². The predicted octanol–water partition coefficient (Wildman–Crippen LogP) is 4.38. The number of rotatable bonds is 9. The number of carbonyl (C=O) groups is 2. The summed E-state index contributed by atoms with van der Waals surface area (Å²) in [6.07, 6.45) is 4.51. The quantitative estimate of drug-likeness (QED) is 0.141. The van der Waals surface area contributed by atoms with Gasteiger partial charge in [-0.05, 0) is 43.4 Å². The average molecular weight is 626 g/mol. The zero-order valence-corrected chi connectivity index (χ0v) is 24.5. The summed E-state index contributed by atoms with van der Waals surface area (Å²) in [5, 5.41) is 5.42. The molecule has 4 N–H and O–H groups in total. The van der Waals surface area contributed by atoms with Gasteiger partial charge in [-0.3, -0.25) is 14.0 Å². The second kappa shape index (κ2) is 13.3. The molecule has 230 valence electrons. The summed E-state index contributed by atoms with van der Waals surface area (Å²) < 4.78 is 41.1. The van der Waals surface area contributed by atoms with Gasteiger partial charge in [0.05, 0.1) is 17.8 Å². The van der Waals surface area contributed by atoms with Crippen molar-refractivity contribution >= 4 is 53.0 Å². The van der Waals surface area contributed by atoms with E-state index in [-0.39, 0.29) is 23.2 Å². The van der Waals surface area contributed by atoms with E-state index in [1.54, 1.807) is 48.4 Å². The molecule has 4 heterocycles. The number of hydrogen-bond donors (Lipinski definition) is 3. The maximum Gasteiger partial charge on any atom is 0.416 e. The van der Waals surface area contributed by atoms with E-state index in [1.165, 1.54) is 0 Å². The van der Waals surface area contributed by atoms with E-state index in [4.69, 9.17) is 10.7 Å². The van der Waals surface area contributed by atoms with Crippen molar-refractivity contribution in [2.45, 2.75) is 19.0 Å². The smallest absolute Gasteiger partial charge is 0.390 e. The molecule has 2 amide bonds. The molecule has 0 aliphatic carbocycles. The zero-order valence-electron chi connectivity index (χ0n) is 23.7. The minimum Gasteiger partial charge on any atom is -0.390 e. The number of aliphatic imine (C=N–C) groups is 1. The molecule has 0 saturated carbocycles. The number of pyridine rings is 1. The summed E-state index contributed by atoms with van der Waals surface area (Å²) in [5.41, 5.74) is 6.67. The van der Waals surface area contributed by atoms with Gasteiger partial charge in [-0.25, -0.2) is 19.9 Å². The van der Waals surface area contributed by atoms with Gasteiger partial charge in [0, 0.05) is 55.1 Å². The van der Waals surface area contributed by atoms with Crippen LogP contribution in [0.4, 0.5) is 30.8 Å². The first-order valence-electron chi connectivity index (χ1n) is 13.8. The number of piperidine rings is 1. The highest BCUT2D eigenvalue weighted by Gasteiger charge is 2.31. The summed E-state index contributed by atoms with van der Waals surface area (Å²) in [6, 6.07) is 8.06. The Balaban J connectivity index is 1.43. The molecule has 3 aromatic heterocycles. The van der Waals surface area contributed by atoms with Crippen LogP contribution in [-0.4, -0.2) is 69.1 Å². The van der Waals surface area contributed by atoms with Crippen LogP contribution in [-0.2, 0) is 11.0 Å². The van der Waals surface area contributed by atoms with E-state index in [1.807, 2.05) is 10.7 Å². The van der Waals surface area contributed by atoms with Crippen molar-refractivity contribution in [3.05, 3.63) is 66.1 Å². The highest BCUT2D eigenvalue weighted by atomic mass is 32.2. The first-order chi connectivity index (χ1) is 21.2. The molecule has 1 aromatic carbocycles. The number of anilines is 2. The van der Waals surface area contributed by atoms with Crippen LogP contribution in [0.2, 0.25) is 0 Å². The van der Waals surface area contributed by atoms with Gasteiger partial charge in [0.15, 0.2) is 5.82 Å². The van der Waals surface area contributed by atoms with Crippen LogP contribution in [0, 0.1) is 5.92 Å². The zero-order chi connectivity index (χ0) is 31.3. The van der Waals surface area contributed by atoms with Crippen molar-refractivity contribution in [2.75, 3.05) is 41.9 Å². The van der Waals surface area contributed by atoms with Crippen LogP contribution in [0.15, 0.2) is 60.0 Å². The molecule has 1 atom stereocenters. The SMILES string of the molecule is CSCCNC(=O)C1CCCN(c2nc(-c3ccc(C(=O)Nc4cc(C(F)(F)F)ccn4)cc3)c3c(N=CN)nccn23)C1. The fourth-order valence-electron chi connectivity index (χ4n) is 5.03. The highest BCUT2D eigenvalue weighted by molar-refractivity contribution is 7.98. The second-order valence-corrected chi connectivity index (χ2v) is 11.0. The second-order valence-electron chi connectivity index (χ2n) is 10.0. The summed E-state index contributed by atoms with van der Waals surface area (Å²) in [4.78, 5) is 45.1. The van der Waals surface area contributed by atoms with Crippen molar-refractivity contribution in [3.63, 3.8) is 0 Å². The van der Waals surface area contributed by atoms with E-state index < -0.39 is 17.6 Å². The Morgan fingerprint density at radius 3 is 2.70 bits per heavy atom. The number of alkyl halides is 3. The lowest BCUT2D eigenvalue weighted by molar-refractivity contribution is -0.137. The van der Waals surface area contributed by atoms with Gasteiger partial charge in [0.2, 0.25) is 11.9 Å². The monoisotopic (exact) mass is 625 g/mol. The molecule has 0 radical (unpaired) electrons. The van der Waals surface area contributed by atoms with Crippen LogP contribution >= 0.6 is 11.8 Å². The Morgan fingerprint density at radius 2 is 1.98 bits per heavy atom. The van der Waals surface area contributed by atoms with E-state index in [0.717, 1.165) is 43.3 Å². The maximum absolute atomic E-state index is 13.1. The molecule has 1 aliphatic heterocycles. The Morgan fingerprint density at radius 1 is 1.18 bits per heavy atom. The van der Waals surface area contributed by atoms with E-state index in [2.05, 4.69) is 30.5 Å². The molecular weight excluding hydrogens is 595 g/mol. The first-order valence-corrected chi connectivity index (χ1v) is 15.2. The van der Waals surface area contributed by atoms with Gasteiger partial charge >= 0.3 is 6.18 Å². The third-order valence-corrected chi connectivity index (χ3v) is 7.76. The summed E-state index contributed by atoms with van der Waals surface area (Å²) in [6.45, 7) is 1.81. The van der Waals surface area contributed by atoms with Crippen LogP contribution in [0.25, 0.3) is 16.8 Å². The number of nitrogens with one attached hydrogen (secondary N) is 2. The Labute approximate surface area is 255 Å². The molecule has 1 unspecified atom stereocenters. The van der Waals surface area contributed by atoms with E-state index >= 15 is 0 Å². The van der Waals surface area contributed by atoms with Crippen LogP contribution in [0.1, 0.15) is 28.8 Å². The van der Waals surface area contributed by atoms with Gasteiger partial charge in [0.25, 0.3) is 5.91 Å². The van der Waals surface area contributed by atoms with E-state index in [0.29, 0.717) is 48.2 Å². The average Bonchev–Trinajstić information content (AvgIpc) is 3.42. The minimum absolute atomic E-state index is 0.0223. The largest absolute Gasteiger partial charge is 0.416 e. The van der Waals surface area contributed by atoms with Crippen molar-refractivity contribution in [3.8, 4) is 11.3 Å². The summed E-state index contributed by atoms with van der Waals surface area (Å²) in [5.74, 6) is 0.796. The normalized spacial score (nSPS) is 15.5. The number of benzene rings is 1. The number of nitrogens with two attached hydrogens (primary N) is 1. The molecule has 5 rings (SSSR count). The number of nitrogens with zero attached hydrogens (tertiary/aromatic N) is 6. The number of fused-ring (bicyclic) bond motifs is 1. The Bertz CT molecular complexity index is 1680. The number of imidazole rings is 1. The fraction of sp³-hybridized carbons (Fsp3) is 0.310. The topological polar surface area (TPSA) is 143 Å². The number of amides is 2. The minimum atomic E-state index is -4.56. The van der Waals surface area contributed by atoms with Crippen LogP contribution in [0.3, 0.4) is 0 Å². The maximum atomic E-state index is 13.1. The lowest BCUT2D eigenvalue weighted by Gasteiger charge is -2.32. The molecule has 11 nitrogen and oxygen atoms in total. The lowest BCUT2D eigenvalue weighted by atomic mass is 9.97. The first kappa shape index (κ1) is 30.8. The molecule has 1 saturated heterocycles. The van der Waals surface area contributed by atoms with Crippen molar-refractivity contribution in [1.82, 2.24) is 24.7 Å². The lowest BCUT2D eigenvalue weighted by Crippen LogP contribution is -2.44. The number of halogens is 3. The third-order valence-electron chi connectivity index (χ3n) is 7.14. The number of carbonyl (C=O) groups excluding carboxylic acids is 2. The van der Waals surface area contributed by atoms with Crippen molar-refractivity contribution in [1.29, 1.82) is 0 Å². The molecule has 0 spiro atoms. The van der Waals surface area contributed by atoms with Crippen molar-refractivity contribution < 1.29 is 22.8 Å². The molecule has 0 bridgehead atoms. The van der Waals surface area contributed by atoms with Gasteiger partial charge in [-0.1, -0.05) is 12.1 Å². The van der Waals surface area contributed by atoms with Gasteiger partial charge < -0.3 is 21.3 Å². The molecule has 44 heavy (non-hydrogen) atoms. The third kappa shape index (κ3) is 6.77. The van der Waals surface area contributed by atoms with Crippen molar-refractivity contribution in [2.24, 2.45) is 16.6 Å². The summed E-state index contributed by atoms with van der Waals surface area (Å²) in [7, 11) is 0. The fourth-order valence-corrected chi connectivity index (χ4v) is 5.34. The standard InChI is InChI=1S/C29H30F3N9O2S/c1-44-14-11-36-26(42)20-3-2-12-40(16-20)28-39-23(24-25(37-17-33)35-10-13-41(24)28)18-4-6-19(7-5-18)27(43)38-22-15-21(8-9-34-22)29(30,31)32/h4-10,13,15,17,20H,2-3,11-12,14,16H2,1H3,(H,36,42)(H2,33,35,37)(H,34,38,43). The summed E-state index contributed by atoms with van der Waals surface area (Å²) >= 11 is 1.67. The van der Waals surface area contributed by atoms with Crippen LogP contribution < -0.4 is 21.3 Å². The Kier molecular flexibility index (Phi) is 9.32. The number of thioether (sulfide) groups is 1. The van der Waals surface area contributed by atoms with Gasteiger partial charge in [0.1, 0.15) is 17.0 Å². The molecule has 15 heteroatoms. The highest BCUT2D eigenvalue weighted by Crippen LogP contribution is 2.35. The molecule has 1 aliphatic rings. The predicted molar refractivity (Wildman–Crippen MR) is 164 cm³/mol. The van der Waals surface area contributed by atoms with E-state index in [9.17, 15) is 22.8 Å². The molecule has 1 fully saturated rings. The molecule has 4 aromatic rings. The Hall–Kier alpha value is -4.66. The molecular formula is C29H30F3N9O2S. The number of hydrogen-bond acceptors (Lipinski definition) is 8.